The van der Waals surface area contributed by atoms with Crippen LogP contribution in [-0.2, 0) is 27.3 Å². The predicted octanol–water partition coefficient (Wildman–Crippen LogP) is -0.867. The van der Waals surface area contributed by atoms with Gasteiger partial charge in [0.05, 0.1) is 12.8 Å². The van der Waals surface area contributed by atoms with Crippen LogP contribution in [0, 0.1) is 0 Å². The Hall–Kier alpha value is -2.41. The summed E-state index contributed by atoms with van der Waals surface area (Å²) in [6.45, 7) is 0.285. The van der Waals surface area contributed by atoms with Crippen molar-refractivity contribution in [1.29, 1.82) is 0 Å². The van der Waals surface area contributed by atoms with Gasteiger partial charge in [-0.2, -0.15) is 0 Å². The monoisotopic (exact) mass is 279 g/mol. The molecule has 0 bridgehead atoms. The molecule has 1 atom stereocenters. The molecule has 1 unspecified atom stereocenters. The summed E-state index contributed by atoms with van der Waals surface area (Å²) in [7, 11) is 0. The summed E-state index contributed by atoms with van der Waals surface area (Å²) >= 11 is 0. The van der Waals surface area contributed by atoms with Crippen LogP contribution in [0.4, 0.5) is 0 Å². The van der Waals surface area contributed by atoms with Gasteiger partial charge in [0.15, 0.2) is 0 Å². The Labute approximate surface area is 115 Å². The van der Waals surface area contributed by atoms with Crippen molar-refractivity contribution in [1.82, 2.24) is 5.32 Å². The largest absolute Gasteiger partial charge is 0.480 e. The van der Waals surface area contributed by atoms with Gasteiger partial charge in [-0.25, -0.2) is 4.79 Å². The first-order chi connectivity index (χ1) is 9.43. The molecule has 0 saturated carbocycles. The maximum absolute atomic E-state index is 11.8. The van der Waals surface area contributed by atoms with Gasteiger partial charge >= 0.3 is 5.97 Å². The molecule has 20 heavy (non-hydrogen) atoms. The Morgan fingerprint density at radius 3 is 2.30 bits per heavy atom. The molecular weight excluding hydrogens is 262 g/mol. The summed E-state index contributed by atoms with van der Waals surface area (Å²) in [6.07, 6.45) is -0.449. The number of benzene rings is 1. The number of nitrogens with one attached hydrogen (secondary N) is 1. The highest BCUT2D eigenvalue weighted by molar-refractivity contribution is 5.88. The molecule has 0 aliphatic rings. The molecule has 0 fully saturated rings. The third-order valence-electron chi connectivity index (χ3n) is 2.73. The van der Waals surface area contributed by atoms with Crippen LogP contribution in [0.5, 0.6) is 0 Å². The fourth-order valence-electron chi connectivity index (χ4n) is 1.75. The predicted molar refractivity (Wildman–Crippen MR) is 71.4 cm³/mol. The van der Waals surface area contributed by atoms with Crippen LogP contribution in [0.3, 0.4) is 0 Å². The number of hydrogen-bond donors (Lipinski definition) is 4. The highest BCUT2D eigenvalue weighted by Crippen LogP contribution is 2.08. The number of carboxylic acids is 1. The van der Waals surface area contributed by atoms with Crippen molar-refractivity contribution >= 4 is 17.8 Å². The van der Waals surface area contributed by atoms with E-state index >= 15 is 0 Å². The summed E-state index contributed by atoms with van der Waals surface area (Å²) in [5, 5.41) is 11.2. The van der Waals surface area contributed by atoms with Gasteiger partial charge < -0.3 is 21.9 Å². The van der Waals surface area contributed by atoms with Crippen LogP contribution in [-0.4, -0.2) is 28.9 Å². The highest BCUT2D eigenvalue weighted by atomic mass is 16.4. The van der Waals surface area contributed by atoms with Crippen molar-refractivity contribution in [3.63, 3.8) is 0 Å². The number of rotatable bonds is 7. The van der Waals surface area contributed by atoms with Gasteiger partial charge in [0.2, 0.25) is 11.8 Å². The molecular formula is C13H17N3O4. The van der Waals surface area contributed by atoms with Crippen LogP contribution in [0.15, 0.2) is 24.3 Å². The van der Waals surface area contributed by atoms with Gasteiger partial charge in [0, 0.05) is 6.54 Å². The molecule has 0 aliphatic heterocycles. The van der Waals surface area contributed by atoms with E-state index < -0.39 is 30.2 Å². The van der Waals surface area contributed by atoms with Crippen LogP contribution < -0.4 is 16.8 Å². The lowest BCUT2D eigenvalue weighted by atomic mass is 10.0. The standard InChI is InChI=1S/C13H17N3O4/c14-7-9-4-2-1-3-8(9)5-12(18)16-10(13(19)20)6-11(15)17/h1-4,10H,5-7,14H2,(H2,15,17)(H,16,18)(H,19,20). The second kappa shape index (κ2) is 7.25. The molecule has 0 aliphatic carbocycles. The van der Waals surface area contributed by atoms with Gasteiger partial charge in [-0.1, -0.05) is 24.3 Å². The van der Waals surface area contributed by atoms with E-state index in [9.17, 15) is 14.4 Å². The van der Waals surface area contributed by atoms with Gasteiger partial charge in [0.1, 0.15) is 6.04 Å². The van der Waals surface area contributed by atoms with Crippen molar-refractivity contribution in [2.75, 3.05) is 0 Å². The summed E-state index contributed by atoms with van der Waals surface area (Å²) in [4.78, 5) is 33.5. The fourth-order valence-corrected chi connectivity index (χ4v) is 1.75. The van der Waals surface area contributed by atoms with Crippen LogP contribution in [0.1, 0.15) is 17.5 Å². The topological polar surface area (TPSA) is 136 Å². The number of carbonyl (C=O) groups excluding carboxylic acids is 2. The average Bonchev–Trinajstić information content (AvgIpc) is 2.37. The molecule has 0 radical (unpaired) electrons. The van der Waals surface area contributed by atoms with Crippen molar-refractivity contribution in [3.05, 3.63) is 35.4 Å². The second-order valence-corrected chi connectivity index (χ2v) is 4.28. The van der Waals surface area contributed by atoms with E-state index in [0.717, 1.165) is 11.1 Å². The zero-order valence-electron chi connectivity index (χ0n) is 10.8. The van der Waals surface area contributed by atoms with E-state index in [4.69, 9.17) is 16.6 Å². The number of carbonyl (C=O) groups is 3. The van der Waals surface area contributed by atoms with Crippen LogP contribution in [0.25, 0.3) is 0 Å². The Kier molecular flexibility index (Phi) is 5.67. The van der Waals surface area contributed by atoms with Crippen LogP contribution in [0.2, 0.25) is 0 Å². The number of nitrogens with two attached hydrogens (primary N) is 2. The maximum atomic E-state index is 11.8. The molecule has 7 heteroatoms. The number of carboxylic acid groups (broad SMARTS) is 1. The zero-order chi connectivity index (χ0) is 15.1. The van der Waals surface area contributed by atoms with Crippen molar-refractivity contribution in [3.8, 4) is 0 Å². The van der Waals surface area contributed by atoms with Crippen LogP contribution >= 0.6 is 0 Å². The lowest BCUT2D eigenvalue weighted by molar-refractivity contribution is -0.143. The smallest absolute Gasteiger partial charge is 0.326 e. The molecule has 0 spiro atoms. The Morgan fingerprint density at radius 1 is 1.20 bits per heavy atom. The average molecular weight is 279 g/mol. The minimum absolute atomic E-state index is 0.00405. The normalized spacial score (nSPS) is 11.7. The SMILES string of the molecule is NCc1ccccc1CC(=O)NC(CC(N)=O)C(=O)O. The first-order valence-electron chi connectivity index (χ1n) is 6.01. The summed E-state index contributed by atoms with van der Waals surface area (Å²) < 4.78 is 0. The number of amides is 2. The van der Waals surface area contributed by atoms with E-state index in [-0.39, 0.29) is 13.0 Å². The first kappa shape index (κ1) is 15.6. The number of primary amides is 1. The third-order valence-corrected chi connectivity index (χ3v) is 2.73. The lowest BCUT2D eigenvalue weighted by Gasteiger charge is -2.13. The highest BCUT2D eigenvalue weighted by Gasteiger charge is 2.22. The quantitative estimate of drug-likeness (QED) is 0.514. The summed E-state index contributed by atoms with van der Waals surface area (Å²) in [5.74, 6) is -2.59. The molecule has 1 aromatic rings. The van der Waals surface area contributed by atoms with E-state index in [2.05, 4.69) is 5.32 Å². The molecule has 6 N–H and O–H groups in total. The zero-order valence-corrected chi connectivity index (χ0v) is 10.8. The number of aliphatic carboxylic acids is 1. The Balaban J connectivity index is 2.70. The van der Waals surface area contributed by atoms with Gasteiger partial charge in [0.25, 0.3) is 0 Å². The van der Waals surface area contributed by atoms with Crippen molar-refractivity contribution in [2.24, 2.45) is 11.5 Å². The van der Waals surface area contributed by atoms with E-state index in [1.54, 1.807) is 24.3 Å². The van der Waals surface area contributed by atoms with Gasteiger partial charge in [-0.05, 0) is 11.1 Å². The van der Waals surface area contributed by atoms with E-state index in [0.29, 0.717) is 0 Å². The summed E-state index contributed by atoms with van der Waals surface area (Å²) in [5.41, 5.74) is 12.0. The molecule has 0 saturated heterocycles. The molecule has 108 valence electrons. The minimum Gasteiger partial charge on any atom is -0.480 e. The van der Waals surface area contributed by atoms with Crippen molar-refractivity contribution in [2.45, 2.75) is 25.4 Å². The number of hydrogen-bond acceptors (Lipinski definition) is 4. The molecule has 0 aromatic heterocycles. The molecule has 0 heterocycles. The Bertz CT molecular complexity index is 516. The van der Waals surface area contributed by atoms with E-state index in [1.165, 1.54) is 0 Å². The molecule has 7 nitrogen and oxygen atoms in total. The lowest BCUT2D eigenvalue weighted by Crippen LogP contribution is -2.44. The van der Waals surface area contributed by atoms with Crippen molar-refractivity contribution < 1.29 is 19.5 Å². The maximum Gasteiger partial charge on any atom is 0.326 e. The minimum atomic E-state index is -1.31. The van der Waals surface area contributed by atoms with E-state index in [1.807, 2.05) is 0 Å². The fraction of sp³-hybridized carbons (Fsp3) is 0.308. The molecule has 1 aromatic carbocycles. The first-order valence-corrected chi connectivity index (χ1v) is 6.01. The molecule has 2 amide bonds. The Morgan fingerprint density at radius 2 is 1.80 bits per heavy atom. The third kappa shape index (κ3) is 4.69. The van der Waals surface area contributed by atoms with Gasteiger partial charge in [-0.15, -0.1) is 0 Å². The molecule has 1 rings (SSSR count). The second-order valence-electron chi connectivity index (χ2n) is 4.28. The van der Waals surface area contributed by atoms with Gasteiger partial charge in [-0.3, -0.25) is 9.59 Å². The summed E-state index contributed by atoms with van der Waals surface area (Å²) in [6, 6.07) is 5.79.